The summed E-state index contributed by atoms with van der Waals surface area (Å²) < 4.78 is 18.5. The molecule has 7 heteroatoms. The molecule has 2 aliphatic heterocycles. The number of rotatable bonds is 7. The second kappa shape index (κ2) is 9.69. The predicted octanol–water partition coefficient (Wildman–Crippen LogP) is 1.94. The normalized spacial score (nSPS) is 20.0. The van der Waals surface area contributed by atoms with E-state index >= 15 is 0 Å². The van der Waals surface area contributed by atoms with E-state index in [2.05, 4.69) is 10.2 Å². The summed E-state index contributed by atoms with van der Waals surface area (Å²) in [4.78, 5) is 28.2. The molecule has 27 heavy (non-hydrogen) atoms. The summed E-state index contributed by atoms with van der Waals surface area (Å²) in [6.45, 7) is 3.92. The third-order valence-electron chi connectivity index (χ3n) is 5.20. The van der Waals surface area contributed by atoms with Crippen molar-refractivity contribution in [3.05, 3.63) is 30.1 Å². The highest BCUT2D eigenvalue weighted by atomic mass is 19.1. The average Bonchev–Trinajstić information content (AvgIpc) is 3.21. The molecule has 0 saturated carbocycles. The van der Waals surface area contributed by atoms with Crippen LogP contribution in [0.4, 0.5) is 10.1 Å². The van der Waals surface area contributed by atoms with Gasteiger partial charge >= 0.3 is 0 Å². The summed E-state index contributed by atoms with van der Waals surface area (Å²) >= 11 is 0. The Kier molecular flexibility index (Phi) is 7.04. The molecule has 148 valence electrons. The van der Waals surface area contributed by atoms with E-state index in [4.69, 9.17) is 4.74 Å². The third-order valence-corrected chi connectivity index (χ3v) is 5.20. The fourth-order valence-corrected chi connectivity index (χ4v) is 3.59. The molecule has 0 aliphatic carbocycles. The van der Waals surface area contributed by atoms with Gasteiger partial charge in [-0.3, -0.25) is 9.59 Å². The lowest BCUT2D eigenvalue weighted by atomic mass is 10.1. The minimum Gasteiger partial charge on any atom is -0.378 e. The molecule has 3 rings (SSSR count). The summed E-state index contributed by atoms with van der Waals surface area (Å²) in [5.74, 6) is -0.196. The van der Waals surface area contributed by atoms with Crippen molar-refractivity contribution >= 4 is 17.5 Å². The smallest absolute Gasteiger partial charge is 0.224 e. The van der Waals surface area contributed by atoms with Gasteiger partial charge < -0.3 is 19.9 Å². The molecule has 2 fully saturated rings. The summed E-state index contributed by atoms with van der Waals surface area (Å²) in [6.07, 6.45) is 3.86. The van der Waals surface area contributed by atoms with Gasteiger partial charge in [-0.2, -0.15) is 0 Å². The van der Waals surface area contributed by atoms with Gasteiger partial charge in [-0.05, 0) is 43.5 Å². The molecule has 0 radical (unpaired) electrons. The van der Waals surface area contributed by atoms with Gasteiger partial charge in [-0.15, -0.1) is 0 Å². The number of carbonyl (C=O) groups is 2. The van der Waals surface area contributed by atoms with Gasteiger partial charge in [0.1, 0.15) is 5.82 Å². The second-order valence-corrected chi connectivity index (χ2v) is 7.12. The monoisotopic (exact) mass is 377 g/mol. The standard InChI is InChI=1S/C20H28FN3O3/c21-16-3-5-17(6-4-16)23-11-13-24(14-12-23)20(26)9-10-22-19(25)8-7-18-2-1-15-27-18/h3-6,18H,1-2,7-15H2,(H,22,25)/t18-/m1/s1. The summed E-state index contributed by atoms with van der Waals surface area (Å²) in [7, 11) is 0. The lowest BCUT2D eigenvalue weighted by Gasteiger charge is -2.36. The van der Waals surface area contributed by atoms with E-state index in [9.17, 15) is 14.0 Å². The predicted molar refractivity (Wildman–Crippen MR) is 101 cm³/mol. The minimum atomic E-state index is -0.245. The number of benzene rings is 1. The number of ether oxygens (including phenoxy) is 1. The zero-order valence-electron chi connectivity index (χ0n) is 15.7. The van der Waals surface area contributed by atoms with E-state index in [1.54, 1.807) is 12.1 Å². The van der Waals surface area contributed by atoms with Crippen LogP contribution in [0.15, 0.2) is 24.3 Å². The number of halogens is 1. The van der Waals surface area contributed by atoms with Crippen molar-refractivity contribution in [2.24, 2.45) is 0 Å². The van der Waals surface area contributed by atoms with Gasteiger partial charge in [-0.25, -0.2) is 4.39 Å². The number of amides is 2. The molecule has 2 saturated heterocycles. The second-order valence-electron chi connectivity index (χ2n) is 7.12. The van der Waals surface area contributed by atoms with Crippen molar-refractivity contribution in [2.75, 3.05) is 44.2 Å². The average molecular weight is 377 g/mol. The van der Waals surface area contributed by atoms with E-state index in [0.29, 0.717) is 32.5 Å². The Hall–Kier alpha value is -2.15. The van der Waals surface area contributed by atoms with Crippen LogP contribution in [0.5, 0.6) is 0 Å². The van der Waals surface area contributed by atoms with Crippen LogP contribution in [0.3, 0.4) is 0 Å². The van der Waals surface area contributed by atoms with Gasteiger partial charge in [0.2, 0.25) is 11.8 Å². The Balaban J connectivity index is 1.31. The first-order valence-corrected chi connectivity index (χ1v) is 9.78. The number of hydrogen-bond acceptors (Lipinski definition) is 4. The molecule has 2 aliphatic rings. The number of piperazine rings is 1. The highest BCUT2D eigenvalue weighted by Gasteiger charge is 2.21. The van der Waals surface area contributed by atoms with E-state index in [1.807, 2.05) is 4.90 Å². The largest absolute Gasteiger partial charge is 0.378 e. The zero-order chi connectivity index (χ0) is 19.1. The van der Waals surface area contributed by atoms with E-state index < -0.39 is 0 Å². The van der Waals surface area contributed by atoms with Gasteiger partial charge in [0.25, 0.3) is 0 Å². The molecule has 1 atom stereocenters. The van der Waals surface area contributed by atoms with Crippen LogP contribution >= 0.6 is 0 Å². The number of nitrogens with zero attached hydrogens (tertiary/aromatic N) is 2. The van der Waals surface area contributed by atoms with Crippen LogP contribution in [0, 0.1) is 5.82 Å². The van der Waals surface area contributed by atoms with Crippen molar-refractivity contribution in [2.45, 2.75) is 38.2 Å². The topological polar surface area (TPSA) is 61.9 Å². The van der Waals surface area contributed by atoms with Crippen LogP contribution in [0.25, 0.3) is 0 Å². The maximum atomic E-state index is 13.0. The number of nitrogens with one attached hydrogen (secondary N) is 1. The van der Waals surface area contributed by atoms with Crippen LogP contribution in [-0.2, 0) is 14.3 Å². The van der Waals surface area contributed by atoms with Crippen LogP contribution in [0.2, 0.25) is 0 Å². The Morgan fingerprint density at radius 2 is 1.85 bits per heavy atom. The van der Waals surface area contributed by atoms with Crippen molar-refractivity contribution < 1.29 is 18.7 Å². The van der Waals surface area contributed by atoms with E-state index in [0.717, 1.165) is 44.6 Å². The van der Waals surface area contributed by atoms with Gasteiger partial charge in [0.15, 0.2) is 0 Å². The van der Waals surface area contributed by atoms with Gasteiger partial charge in [-0.1, -0.05) is 0 Å². The fourth-order valence-electron chi connectivity index (χ4n) is 3.59. The highest BCUT2D eigenvalue weighted by molar-refractivity contribution is 5.79. The van der Waals surface area contributed by atoms with Crippen LogP contribution in [0.1, 0.15) is 32.1 Å². The molecule has 0 unspecified atom stereocenters. The number of anilines is 1. The van der Waals surface area contributed by atoms with Crippen molar-refractivity contribution in [3.63, 3.8) is 0 Å². The van der Waals surface area contributed by atoms with Gasteiger partial charge in [0, 0.05) is 57.9 Å². The zero-order valence-corrected chi connectivity index (χ0v) is 15.7. The Bertz CT molecular complexity index is 624. The third kappa shape index (κ3) is 5.92. The quantitative estimate of drug-likeness (QED) is 0.789. The first-order chi connectivity index (χ1) is 13.1. The molecule has 0 bridgehead atoms. The molecule has 1 N–H and O–H groups in total. The summed E-state index contributed by atoms with van der Waals surface area (Å²) in [5, 5.41) is 2.83. The van der Waals surface area contributed by atoms with Crippen molar-refractivity contribution in [1.29, 1.82) is 0 Å². The number of carbonyl (C=O) groups excluding carboxylic acids is 2. The van der Waals surface area contributed by atoms with Crippen molar-refractivity contribution in [1.82, 2.24) is 10.2 Å². The maximum Gasteiger partial charge on any atom is 0.224 e. The molecular formula is C20H28FN3O3. The van der Waals surface area contributed by atoms with Crippen LogP contribution in [-0.4, -0.2) is 62.1 Å². The van der Waals surface area contributed by atoms with Crippen LogP contribution < -0.4 is 10.2 Å². The molecule has 1 aromatic carbocycles. The van der Waals surface area contributed by atoms with Crippen molar-refractivity contribution in [3.8, 4) is 0 Å². The molecular weight excluding hydrogens is 349 g/mol. The molecule has 0 aromatic heterocycles. The Labute approximate surface area is 159 Å². The first kappa shape index (κ1) is 19.6. The minimum absolute atomic E-state index is 0.0144. The molecule has 0 spiro atoms. The van der Waals surface area contributed by atoms with E-state index in [1.165, 1.54) is 12.1 Å². The fraction of sp³-hybridized carbons (Fsp3) is 0.600. The molecule has 2 amide bonds. The number of hydrogen-bond donors (Lipinski definition) is 1. The van der Waals surface area contributed by atoms with Gasteiger partial charge in [0.05, 0.1) is 6.10 Å². The summed E-state index contributed by atoms with van der Waals surface area (Å²) in [6, 6.07) is 6.43. The Morgan fingerprint density at radius 3 is 2.52 bits per heavy atom. The first-order valence-electron chi connectivity index (χ1n) is 9.78. The lowest BCUT2D eigenvalue weighted by Crippen LogP contribution is -2.49. The van der Waals surface area contributed by atoms with E-state index in [-0.39, 0.29) is 23.7 Å². The SMILES string of the molecule is O=C(CC[C@H]1CCCO1)NCCC(=O)N1CCN(c2ccc(F)cc2)CC1. The molecule has 6 nitrogen and oxygen atoms in total. The summed E-state index contributed by atoms with van der Waals surface area (Å²) in [5.41, 5.74) is 0.974. The highest BCUT2D eigenvalue weighted by Crippen LogP contribution is 2.18. The Morgan fingerprint density at radius 1 is 1.11 bits per heavy atom. The lowest BCUT2D eigenvalue weighted by molar-refractivity contribution is -0.131. The molecule has 1 aromatic rings. The maximum absolute atomic E-state index is 13.0. The molecule has 2 heterocycles.